The van der Waals surface area contributed by atoms with Gasteiger partial charge in [0, 0.05) is 28.8 Å². The molecule has 0 spiro atoms. The van der Waals surface area contributed by atoms with Crippen LogP contribution >= 0.6 is 0 Å². The van der Waals surface area contributed by atoms with Gasteiger partial charge in [0.1, 0.15) is 11.6 Å². The fourth-order valence-electron chi connectivity index (χ4n) is 4.66. The van der Waals surface area contributed by atoms with Crippen LogP contribution in [0.2, 0.25) is 0 Å². The number of amides is 2. The smallest absolute Gasteiger partial charge is 0.322 e. The van der Waals surface area contributed by atoms with Gasteiger partial charge in [-0.2, -0.15) is 0 Å². The third-order valence-corrected chi connectivity index (χ3v) is 6.42. The number of H-pyrrole nitrogens is 1. The van der Waals surface area contributed by atoms with Gasteiger partial charge in [0.15, 0.2) is 0 Å². The van der Waals surface area contributed by atoms with Crippen LogP contribution in [-0.2, 0) is 6.42 Å². The maximum atomic E-state index is 13.7. The van der Waals surface area contributed by atoms with E-state index >= 15 is 0 Å². The molecule has 1 aromatic heterocycles. The molecule has 33 heavy (non-hydrogen) atoms. The number of nitrogens with one attached hydrogen (secondary N) is 2. The lowest BCUT2D eigenvalue weighted by atomic mass is 9.92. The molecule has 0 aliphatic carbocycles. The van der Waals surface area contributed by atoms with Crippen LogP contribution in [0, 0.1) is 19.7 Å². The van der Waals surface area contributed by atoms with E-state index in [9.17, 15) is 9.18 Å². The van der Waals surface area contributed by atoms with Crippen molar-refractivity contribution in [1.82, 2.24) is 9.88 Å². The quantitative estimate of drug-likeness (QED) is 0.401. The summed E-state index contributed by atoms with van der Waals surface area (Å²) < 4.78 is 19.1. The minimum absolute atomic E-state index is 0.181. The Labute approximate surface area is 192 Å². The Morgan fingerprint density at radius 3 is 2.64 bits per heavy atom. The van der Waals surface area contributed by atoms with Gasteiger partial charge in [-0.05, 0) is 78.9 Å². The van der Waals surface area contributed by atoms with Gasteiger partial charge in [-0.3, -0.25) is 0 Å². The third kappa shape index (κ3) is 3.82. The predicted octanol–water partition coefficient (Wildman–Crippen LogP) is 6.11. The Bertz CT molecular complexity index is 1340. The first-order valence-electron chi connectivity index (χ1n) is 11.0. The SMILES string of the molecule is COc1ccc2[nH]c3c(c2c1)CCN(C(=O)Nc1cc(C)ccc1C)C3c1ccc(F)cc1. The first-order chi connectivity index (χ1) is 15.9. The van der Waals surface area contributed by atoms with Crippen LogP contribution in [0.1, 0.15) is 34.0 Å². The van der Waals surface area contributed by atoms with Gasteiger partial charge in [-0.25, -0.2) is 9.18 Å². The zero-order chi connectivity index (χ0) is 23.1. The van der Waals surface area contributed by atoms with E-state index < -0.39 is 0 Å². The Morgan fingerprint density at radius 1 is 1.09 bits per heavy atom. The molecule has 0 saturated heterocycles. The van der Waals surface area contributed by atoms with Gasteiger partial charge >= 0.3 is 6.03 Å². The number of fused-ring (bicyclic) bond motifs is 3. The van der Waals surface area contributed by atoms with Crippen LogP contribution in [0.3, 0.4) is 0 Å². The minimum atomic E-state index is -0.363. The molecule has 1 aliphatic heterocycles. The van der Waals surface area contributed by atoms with E-state index in [4.69, 9.17) is 4.74 Å². The zero-order valence-corrected chi connectivity index (χ0v) is 18.9. The maximum absolute atomic E-state index is 13.7. The lowest BCUT2D eigenvalue weighted by molar-refractivity contribution is 0.193. The van der Waals surface area contributed by atoms with Crippen molar-refractivity contribution in [3.05, 3.63) is 94.4 Å². The summed E-state index contributed by atoms with van der Waals surface area (Å²) in [4.78, 5) is 18.9. The number of urea groups is 1. The molecule has 2 N–H and O–H groups in total. The molecule has 5 nitrogen and oxygen atoms in total. The highest BCUT2D eigenvalue weighted by molar-refractivity contribution is 5.92. The normalized spacial score (nSPS) is 15.4. The fourth-order valence-corrected chi connectivity index (χ4v) is 4.66. The number of carbonyl (C=O) groups is 1. The predicted molar refractivity (Wildman–Crippen MR) is 128 cm³/mol. The number of carbonyl (C=O) groups excluding carboxylic acids is 1. The van der Waals surface area contributed by atoms with Gasteiger partial charge in [0.2, 0.25) is 0 Å². The number of hydrogen-bond acceptors (Lipinski definition) is 2. The average Bonchev–Trinajstić information content (AvgIpc) is 3.19. The lowest BCUT2D eigenvalue weighted by Gasteiger charge is -2.36. The van der Waals surface area contributed by atoms with Gasteiger partial charge in [0.05, 0.1) is 13.2 Å². The van der Waals surface area contributed by atoms with Gasteiger partial charge in [-0.1, -0.05) is 24.3 Å². The highest BCUT2D eigenvalue weighted by atomic mass is 19.1. The van der Waals surface area contributed by atoms with Crippen molar-refractivity contribution in [2.24, 2.45) is 0 Å². The van der Waals surface area contributed by atoms with Crippen LogP contribution in [0.15, 0.2) is 60.7 Å². The number of halogens is 1. The topological polar surface area (TPSA) is 57.4 Å². The summed E-state index contributed by atoms with van der Waals surface area (Å²) in [7, 11) is 1.65. The molecule has 4 aromatic rings. The number of nitrogens with zero attached hydrogens (tertiary/aromatic N) is 1. The molecule has 3 aromatic carbocycles. The Balaban J connectivity index is 1.59. The van der Waals surface area contributed by atoms with E-state index in [1.807, 2.05) is 55.1 Å². The molecular weight excluding hydrogens is 417 g/mol. The first kappa shape index (κ1) is 21.1. The van der Waals surface area contributed by atoms with Gasteiger partial charge in [-0.15, -0.1) is 0 Å². The number of aromatic amines is 1. The molecule has 0 saturated carbocycles. The molecule has 0 fully saturated rings. The van der Waals surface area contributed by atoms with Gasteiger partial charge in [0.25, 0.3) is 0 Å². The second kappa shape index (κ2) is 8.28. The van der Waals surface area contributed by atoms with E-state index in [0.717, 1.165) is 50.3 Å². The zero-order valence-electron chi connectivity index (χ0n) is 18.9. The van der Waals surface area contributed by atoms with Crippen molar-refractivity contribution >= 4 is 22.6 Å². The Morgan fingerprint density at radius 2 is 1.88 bits per heavy atom. The molecule has 0 bridgehead atoms. The fraction of sp³-hybridized carbons (Fsp3) is 0.222. The Hall–Kier alpha value is -3.80. The maximum Gasteiger partial charge on any atom is 0.322 e. The van der Waals surface area contributed by atoms with E-state index in [0.29, 0.717) is 13.0 Å². The lowest BCUT2D eigenvalue weighted by Crippen LogP contribution is -2.43. The number of benzene rings is 3. The molecule has 2 heterocycles. The number of aromatic nitrogens is 1. The molecule has 1 atom stereocenters. The van der Waals surface area contributed by atoms with Crippen LogP contribution < -0.4 is 10.1 Å². The monoisotopic (exact) mass is 443 g/mol. The van der Waals surface area contributed by atoms with Crippen molar-refractivity contribution in [2.75, 3.05) is 19.0 Å². The molecule has 0 radical (unpaired) electrons. The van der Waals surface area contributed by atoms with E-state index in [1.54, 1.807) is 19.2 Å². The van der Waals surface area contributed by atoms with Crippen LogP contribution in [-0.4, -0.2) is 29.6 Å². The third-order valence-electron chi connectivity index (χ3n) is 6.42. The Kier molecular flexibility index (Phi) is 5.29. The minimum Gasteiger partial charge on any atom is -0.497 e. The van der Waals surface area contributed by atoms with Crippen molar-refractivity contribution in [2.45, 2.75) is 26.3 Å². The average molecular weight is 444 g/mol. The standard InChI is InChI=1S/C27H26FN3O2/c1-16-4-5-17(2)24(14-16)30-27(32)31-13-12-21-22-15-20(33-3)10-11-23(22)29-25(21)26(31)18-6-8-19(28)9-7-18/h4-11,14-15,26,29H,12-13H2,1-3H3,(H,30,32). The van der Waals surface area contributed by atoms with Crippen molar-refractivity contribution in [3.63, 3.8) is 0 Å². The number of hydrogen-bond donors (Lipinski definition) is 2. The molecule has 5 rings (SSSR count). The molecule has 168 valence electrons. The number of methoxy groups -OCH3 is 1. The summed E-state index contributed by atoms with van der Waals surface area (Å²) in [6, 6.07) is 17.8. The van der Waals surface area contributed by atoms with Crippen LogP contribution in [0.4, 0.5) is 14.9 Å². The van der Waals surface area contributed by atoms with Crippen molar-refractivity contribution in [1.29, 1.82) is 0 Å². The summed E-state index contributed by atoms with van der Waals surface area (Å²) in [6.45, 7) is 4.52. The number of rotatable bonds is 3. The number of anilines is 1. The molecule has 1 unspecified atom stereocenters. The highest BCUT2D eigenvalue weighted by Crippen LogP contribution is 2.39. The summed E-state index contributed by atoms with van der Waals surface area (Å²) in [6.07, 6.45) is 0.709. The first-order valence-corrected chi connectivity index (χ1v) is 11.0. The highest BCUT2D eigenvalue weighted by Gasteiger charge is 2.35. The molecular formula is C27H26FN3O2. The summed E-state index contributed by atoms with van der Waals surface area (Å²) >= 11 is 0. The number of ether oxygens (including phenoxy) is 1. The van der Waals surface area contributed by atoms with E-state index in [1.165, 1.54) is 12.1 Å². The summed E-state index contributed by atoms with van der Waals surface area (Å²) in [5, 5.41) is 4.18. The molecule has 6 heteroatoms. The summed E-state index contributed by atoms with van der Waals surface area (Å²) in [5.41, 5.74) is 6.84. The van der Waals surface area contributed by atoms with Crippen molar-refractivity contribution < 1.29 is 13.9 Å². The summed E-state index contributed by atoms with van der Waals surface area (Å²) in [5.74, 6) is 0.486. The number of aryl methyl sites for hydroxylation is 2. The van der Waals surface area contributed by atoms with Crippen LogP contribution in [0.5, 0.6) is 5.75 Å². The van der Waals surface area contributed by atoms with E-state index in [2.05, 4.69) is 10.3 Å². The second-order valence-electron chi connectivity index (χ2n) is 8.57. The van der Waals surface area contributed by atoms with Gasteiger partial charge < -0.3 is 19.9 Å². The van der Waals surface area contributed by atoms with Crippen LogP contribution in [0.25, 0.3) is 10.9 Å². The molecule has 1 aliphatic rings. The largest absolute Gasteiger partial charge is 0.497 e. The van der Waals surface area contributed by atoms with E-state index in [-0.39, 0.29) is 17.9 Å². The van der Waals surface area contributed by atoms with Crippen molar-refractivity contribution in [3.8, 4) is 5.75 Å². The second-order valence-corrected chi connectivity index (χ2v) is 8.57. The molecule has 2 amide bonds.